The second kappa shape index (κ2) is 8.45. The van der Waals surface area contributed by atoms with Crippen molar-refractivity contribution in [3.63, 3.8) is 0 Å². The molecule has 27 heavy (non-hydrogen) atoms. The fraction of sp³-hybridized carbons (Fsp3) is 0.333. The van der Waals surface area contributed by atoms with Crippen LogP contribution in [0.4, 0.5) is 16.2 Å². The highest BCUT2D eigenvalue weighted by Gasteiger charge is 2.21. The molecule has 1 aliphatic heterocycles. The summed E-state index contributed by atoms with van der Waals surface area (Å²) in [7, 11) is 0. The lowest BCUT2D eigenvalue weighted by molar-refractivity contribution is 0.208. The van der Waals surface area contributed by atoms with Crippen molar-refractivity contribution in [1.82, 2.24) is 4.90 Å². The van der Waals surface area contributed by atoms with Crippen molar-refractivity contribution < 1.29 is 9.53 Å². The van der Waals surface area contributed by atoms with Gasteiger partial charge in [-0.3, -0.25) is 0 Å². The molecule has 1 heterocycles. The summed E-state index contributed by atoms with van der Waals surface area (Å²) in [5.41, 5.74) is 2.49. The Labute approximate surface area is 160 Å². The van der Waals surface area contributed by atoms with Crippen molar-refractivity contribution in [2.24, 2.45) is 0 Å². The molecular weight excluding hydrogens is 340 g/mol. The number of amides is 2. The van der Waals surface area contributed by atoms with E-state index in [0.29, 0.717) is 18.7 Å². The number of anilines is 2. The van der Waals surface area contributed by atoms with E-state index >= 15 is 0 Å². The van der Waals surface area contributed by atoms with Crippen LogP contribution in [0.1, 0.15) is 19.4 Å². The van der Waals surface area contributed by atoms with Crippen LogP contribution in [0, 0.1) is 11.3 Å². The fourth-order valence-electron chi connectivity index (χ4n) is 3.01. The lowest BCUT2D eigenvalue weighted by Crippen LogP contribution is -2.50. The van der Waals surface area contributed by atoms with E-state index in [4.69, 9.17) is 10.00 Å². The van der Waals surface area contributed by atoms with E-state index in [2.05, 4.69) is 16.3 Å². The van der Waals surface area contributed by atoms with Crippen LogP contribution in [0.5, 0.6) is 5.75 Å². The second-order valence-corrected chi connectivity index (χ2v) is 6.75. The standard InChI is InChI=1S/C21H24N4O2/c1-16(2)27-20-9-5-18(6-10-20)23-21(26)25-13-11-24(12-14-25)19-7-3-17(15-22)4-8-19/h3-10,16H,11-14H2,1-2H3,(H,23,26). The van der Waals surface area contributed by atoms with E-state index in [0.717, 1.165) is 30.2 Å². The predicted molar refractivity (Wildman–Crippen MR) is 106 cm³/mol. The van der Waals surface area contributed by atoms with Gasteiger partial charge in [-0.2, -0.15) is 5.26 Å². The smallest absolute Gasteiger partial charge is 0.321 e. The van der Waals surface area contributed by atoms with E-state index in [1.807, 2.05) is 67.3 Å². The Morgan fingerprint density at radius 3 is 2.22 bits per heavy atom. The van der Waals surface area contributed by atoms with Crippen molar-refractivity contribution in [2.75, 3.05) is 36.4 Å². The molecule has 2 aromatic carbocycles. The number of hydrogen-bond acceptors (Lipinski definition) is 4. The molecule has 0 radical (unpaired) electrons. The van der Waals surface area contributed by atoms with Gasteiger partial charge in [0.25, 0.3) is 0 Å². The third kappa shape index (κ3) is 4.91. The third-order valence-corrected chi connectivity index (χ3v) is 4.41. The number of nitrogens with one attached hydrogen (secondary N) is 1. The predicted octanol–water partition coefficient (Wildman–Crippen LogP) is 3.70. The van der Waals surface area contributed by atoms with E-state index < -0.39 is 0 Å². The second-order valence-electron chi connectivity index (χ2n) is 6.75. The van der Waals surface area contributed by atoms with Gasteiger partial charge in [0.05, 0.1) is 17.7 Å². The zero-order chi connectivity index (χ0) is 19.2. The van der Waals surface area contributed by atoms with Gasteiger partial charge < -0.3 is 19.9 Å². The SMILES string of the molecule is CC(C)Oc1ccc(NC(=O)N2CCN(c3ccc(C#N)cc3)CC2)cc1. The number of piperazine rings is 1. The number of ether oxygens (including phenoxy) is 1. The first-order valence-corrected chi connectivity index (χ1v) is 9.13. The molecule has 6 nitrogen and oxygen atoms in total. The Morgan fingerprint density at radius 1 is 1.04 bits per heavy atom. The number of rotatable bonds is 4. The number of carbonyl (C=O) groups excluding carboxylic acids is 1. The summed E-state index contributed by atoms with van der Waals surface area (Å²) < 4.78 is 5.61. The molecule has 1 saturated heterocycles. The van der Waals surface area contributed by atoms with Crippen molar-refractivity contribution in [3.8, 4) is 11.8 Å². The van der Waals surface area contributed by atoms with Gasteiger partial charge in [-0.15, -0.1) is 0 Å². The van der Waals surface area contributed by atoms with Crippen molar-refractivity contribution in [1.29, 1.82) is 5.26 Å². The molecule has 0 bridgehead atoms. The number of urea groups is 1. The molecule has 0 aromatic heterocycles. The van der Waals surface area contributed by atoms with Gasteiger partial charge in [-0.25, -0.2) is 4.79 Å². The van der Waals surface area contributed by atoms with Crippen LogP contribution in [-0.2, 0) is 0 Å². The molecule has 0 spiro atoms. The van der Waals surface area contributed by atoms with Crippen LogP contribution in [0.2, 0.25) is 0 Å². The Balaban J connectivity index is 1.51. The molecule has 2 amide bonds. The third-order valence-electron chi connectivity index (χ3n) is 4.41. The molecule has 0 saturated carbocycles. The van der Waals surface area contributed by atoms with Gasteiger partial charge >= 0.3 is 6.03 Å². The molecule has 140 valence electrons. The lowest BCUT2D eigenvalue weighted by atomic mass is 10.2. The molecule has 1 N–H and O–H groups in total. The van der Waals surface area contributed by atoms with E-state index in [1.54, 1.807) is 0 Å². The molecule has 2 aromatic rings. The summed E-state index contributed by atoms with van der Waals surface area (Å²) in [5, 5.41) is 11.8. The van der Waals surface area contributed by atoms with Crippen molar-refractivity contribution in [3.05, 3.63) is 54.1 Å². The molecular formula is C21H24N4O2. The summed E-state index contributed by atoms with van der Waals surface area (Å²) in [4.78, 5) is 16.5. The zero-order valence-electron chi connectivity index (χ0n) is 15.7. The molecule has 0 atom stereocenters. The Hall–Kier alpha value is -3.20. The van der Waals surface area contributed by atoms with Crippen LogP contribution < -0.4 is 15.0 Å². The van der Waals surface area contributed by atoms with Crippen LogP contribution >= 0.6 is 0 Å². The Kier molecular flexibility index (Phi) is 5.82. The van der Waals surface area contributed by atoms with Crippen molar-refractivity contribution >= 4 is 17.4 Å². The monoisotopic (exact) mass is 364 g/mol. The maximum absolute atomic E-state index is 12.5. The summed E-state index contributed by atoms with van der Waals surface area (Å²) >= 11 is 0. The molecule has 1 aliphatic rings. The normalized spacial score (nSPS) is 14.0. The molecule has 1 fully saturated rings. The number of nitrogens with zero attached hydrogens (tertiary/aromatic N) is 3. The lowest BCUT2D eigenvalue weighted by Gasteiger charge is -2.36. The topological polar surface area (TPSA) is 68.6 Å². The first-order chi connectivity index (χ1) is 13.0. The summed E-state index contributed by atoms with van der Waals surface area (Å²) in [6, 6.07) is 17.0. The first kappa shape index (κ1) is 18.6. The maximum Gasteiger partial charge on any atom is 0.321 e. The number of hydrogen-bond donors (Lipinski definition) is 1. The molecule has 0 unspecified atom stereocenters. The van der Waals surface area contributed by atoms with Gasteiger partial charge in [0.2, 0.25) is 0 Å². The Bertz CT molecular complexity index is 802. The van der Waals surface area contributed by atoms with E-state index in [9.17, 15) is 4.79 Å². The van der Waals surface area contributed by atoms with Crippen LogP contribution in [-0.4, -0.2) is 43.2 Å². The largest absolute Gasteiger partial charge is 0.491 e. The van der Waals surface area contributed by atoms with Crippen LogP contribution in [0.3, 0.4) is 0 Å². The number of nitriles is 1. The van der Waals surface area contributed by atoms with Gasteiger partial charge in [0.15, 0.2) is 0 Å². The Morgan fingerprint density at radius 2 is 1.67 bits per heavy atom. The molecule has 6 heteroatoms. The highest BCUT2D eigenvalue weighted by molar-refractivity contribution is 5.89. The summed E-state index contributed by atoms with van der Waals surface area (Å²) in [6.45, 7) is 6.79. The fourth-order valence-corrected chi connectivity index (χ4v) is 3.01. The molecule has 3 rings (SSSR count). The minimum Gasteiger partial charge on any atom is -0.491 e. The molecule has 0 aliphatic carbocycles. The van der Waals surface area contributed by atoms with Crippen molar-refractivity contribution in [2.45, 2.75) is 20.0 Å². The van der Waals surface area contributed by atoms with E-state index in [-0.39, 0.29) is 12.1 Å². The minimum atomic E-state index is -0.0907. The summed E-state index contributed by atoms with van der Waals surface area (Å²) in [6.07, 6.45) is 0.123. The minimum absolute atomic E-state index is 0.0907. The summed E-state index contributed by atoms with van der Waals surface area (Å²) in [5.74, 6) is 0.791. The zero-order valence-corrected chi connectivity index (χ0v) is 15.7. The average molecular weight is 364 g/mol. The highest BCUT2D eigenvalue weighted by atomic mass is 16.5. The maximum atomic E-state index is 12.5. The van der Waals surface area contributed by atoms with E-state index in [1.165, 1.54) is 0 Å². The average Bonchev–Trinajstić information content (AvgIpc) is 2.69. The van der Waals surface area contributed by atoms with Crippen LogP contribution in [0.15, 0.2) is 48.5 Å². The van der Waals surface area contributed by atoms with Gasteiger partial charge in [0, 0.05) is 37.6 Å². The first-order valence-electron chi connectivity index (χ1n) is 9.13. The van der Waals surface area contributed by atoms with Crippen LogP contribution in [0.25, 0.3) is 0 Å². The van der Waals surface area contributed by atoms with Gasteiger partial charge in [-0.05, 0) is 62.4 Å². The number of carbonyl (C=O) groups is 1. The van der Waals surface area contributed by atoms with Gasteiger partial charge in [0.1, 0.15) is 5.75 Å². The van der Waals surface area contributed by atoms with Gasteiger partial charge in [-0.1, -0.05) is 0 Å². The highest BCUT2D eigenvalue weighted by Crippen LogP contribution is 2.19. The quantitative estimate of drug-likeness (QED) is 0.898. The number of benzene rings is 2.